The molecule has 0 aliphatic carbocycles. The molecule has 0 aromatic carbocycles. The zero-order valence-electron chi connectivity index (χ0n) is 9.23. The summed E-state index contributed by atoms with van der Waals surface area (Å²) in [6.45, 7) is 5.89. The zero-order valence-corrected chi connectivity index (χ0v) is 9.23. The lowest BCUT2D eigenvalue weighted by Gasteiger charge is -2.28. The fourth-order valence-electron chi connectivity index (χ4n) is 1.78. The van der Waals surface area contributed by atoms with E-state index in [1.54, 1.807) is 18.6 Å². The summed E-state index contributed by atoms with van der Waals surface area (Å²) in [5, 5.41) is 3.50. The molecule has 1 aliphatic heterocycles. The van der Waals surface area contributed by atoms with Gasteiger partial charge in [-0.2, -0.15) is 0 Å². The van der Waals surface area contributed by atoms with Crippen LogP contribution in [0.15, 0.2) is 18.6 Å². The molecule has 1 N–H and O–H groups in total. The summed E-state index contributed by atoms with van der Waals surface area (Å²) in [6.07, 6.45) is 6.50. The Morgan fingerprint density at radius 3 is 3.07 bits per heavy atom. The van der Waals surface area contributed by atoms with Crippen molar-refractivity contribution in [2.75, 3.05) is 6.61 Å². The van der Waals surface area contributed by atoms with E-state index in [-0.39, 0.29) is 11.6 Å². The largest absolute Gasteiger partial charge is 0.377 e. The average molecular weight is 207 g/mol. The Kier molecular flexibility index (Phi) is 2.98. The third kappa shape index (κ3) is 2.33. The topological polar surface area (TPSA) is 47.0 Å². The van der Waals surface area contributed by atoms with Gasteiger partial charge in [-0.1, -0.05) is 0 Å². The number of aromatic nitrogens is 2. The highest BCUT2D eigenvalue weighted by Crippen LogP contribution is 2.25. The van der Waals surface area contributed by atoms with E-state index in [0.29, 0.717) is 0 Å². The summed E-state index contributed by atoms with van der Waals surface area (Å²) in [6, 6.07) is 0. The van der Waals surface area contributed by atoms with Crippen LogP contribution in [0.3, 0.4) is 0 Å². The van der Waals surface area contributed by atoms with Gasteiger partial charge in [0.15, 0.2) is 0 Å². The van der Waals surface area contributed by atoms with Crippen molar-refractivity contribution in [3.05, 3.63) is 24.3 Å². The van der Waals surface area contributed by atoms with Crippen LogP contribution >= 0.6 is 0 Å². The second kappa shape index (κ2) is 4.24. The van der Waals surface area contributed by atoms with Gasteiger partial charge in [0.25, 0.3) is 0 Å². The van der Waals surface area contributed by atoms with E-state index in [4.69, 9.17) is 4.74 Å². The van der Waals surface area contributed by atoms with Gasteiger partial charge in [0, 0.05) is 37.3 Å². The first kappa shape index (κ1) is 10.5. The summed E-state index contributed by atoms with van der Waals surface area (Å²) < 4.78 is 5.56. The molecule has 0 spiro atoms. The molecule has 0 radical (unpaired) electrons. The van der Waals surface area contributed by atoms with Crippen LogP contribution in [0.25, 0.3) is 0 Å². The van der Waals surface area contributed by atoms with Crippen LogP contribution < -0.4 is 5.32 Å². The predicted molar refractivity (Wildman–Crippen MR) is 57.3 cm³/mol. The summed E-state index contributed by atoms with van der Waals surface area (Å²) >= 11 is 0. The molecule has 1 aromatic rings. The monoisotopic (exact) mass is 207 g/mol. The molecule has 0 amide bonds. The maximum absolute atomic E-state index is 5.56. The number of hydrogen-bond acceptors (Lipinski definition) is 4. The second-order valence-electron chi connectivity index (χ2n) is 4.23. The van der Waals surface area contributed by atoms with Crippen molar-refractivity contribution in [3.8, 4) is 0 Å². The maximum atomic E-state index is 5.56. The number of ether oxygens (including phenoxy) is 1. The van der Waals surface area contributed by atoms with Crippen LogP contribution in [0.5, 0.6) is 0 Å². The molecular formula is C11H17N3O. The van der Waals surface area contributed by atoms with Crippen molar-refractivity contribution in [2.24, 2.45) is 0 Å². The van der Waals surface area contributed by atoms with Crippen molar-refractivity contribution in [1.29, 1.82) is 0 Å². The van der Waals surface area contributed by atoms with Gasteiger partial charge in [0.1, 0.15) is 0 Å². The smallest absolute Gasteiger partial charge is 0.0726 e. The maximum Gasteiger partial charge on any atom is 0.0726 e. The number of hydrogen-bond donors (Lipinski definition) is 1. The van der Waals surface area contributed by atoms with E-state index in [0.717, 1.165) is 25.3 Å². The third-order valence-corrected chi connectivity index (χ3v) is 3.18. The predicted octanol–water partition coefficient (Wildman–Crippen LogP) is 1.13. The Morgan fingerprint density at radius 1 is 1.60 bits per heavy atom. The molecule has 4 nitrogen and oxygen atoms in total. The lowest BCUT2D eigenvalue weighted by molar-refractivity contribution is 0.0880. The molecule has 0 saturated carbocycles. The number of nitrogens with zero attached hydrogens (tertiary/aromatic N) is 2. The normalized spacial score (nSPS) is 30.7. The number of rotatable bonds is 3. The molecule has 1 aromatic heterocycles. The standard InChI is InChI=1S/C11H17N3O/c1-9-11(2,3-6-15-9)14-8-10-7-12-4-5-13-10/h4-5,7,9,14H,3,6,8H2,1-2H3. The van der Waals surface area contributed by atoms with E-state index < -0.39 is 0 Å². The molecule has 2 heterocycles. The summed E-state index contributed by atoms with van der Waals surface area (Å²) in [4.78, 5) is 8.27. The van der Waals surface area contributed by atoms with Gasteiger partial charge in [-0.25, -0.2) is 0 Å². The third-order valence-electron chi connectivity index (χ3n) is 3.18. The van der Waals surface area contributed by atoms with E-state index in [2.05, 4.69) is 29.1 Å². The molecule has 2 unspecified atom stereocenters. The molecular weight excluding hydrogens is 190 g/mol. The minimum atomic E-state index is 0.0670. The number of nitrogens with one attached hydrogen (secondary N) is 1. The average Bonchev–Trinajstić information content (AvgIpc) is 2.59. The van der Waals surface area contributed by atoms with Crippen molar-refractivity contribution < 1.29 is 4.74 Å². The minimum Gasteiger partial charge on any atom is -0.377 e. The van der Waals surface area contributed by atoms with Crippen LogP contribution in [0.4, 0.5) is 0 Å². The van der Waals surface area contributed by atoms with Crippen molar-refractivity contribution in [2.45, 2.75) is 38.5 Å². The molecule has 15 heavy (non-hydrogen) atoms. The molecule has 2 atom stereocenters. The molecule has 82 valence electrons. The highest BCUT2D eigenvalue weighted by Gasteiger charge is 2.36. The van der Waals surface area contributed by atoms with Crippen molar-refractivity contribution in [3.63, 3.8) is 0 Å². The Hall–Kier alpha value is -1.00. The van der Waals surface area contributed by atoms with Crippen LogP contribution in [0, 0.1) is 0 Å². The summed E-state index contributed by atoms with van der Waals surface area (Å²) in [7, 11) is 0. The van der Waals surface area contributed by atoms with Crippen LogP contribution in [0.1, 0.15) is 26.0 Å². The quantitative estimate of drug-likeness (QED) is 0.807. The van der Waals surface area contributed by atoms with Gasteiger partial charge in [-0.15, -0.1) is 0 Å². The fraction of sp³-hybridized carbons (Fsp3) is 0.636. The molecule has 1 fully saturated rings. The summed E-state index contributed by atoms with van der Waals surface area (Å²) in [5.41, 5.74) is 1.04. The fourth-order valence-corrected chi connectivity index (χ4v) is 1.78. The van der Waals surface area contributed by atoms with Crippen LogP contribution in [-0.4, -0.2) is 28.2 Å². The Balaban J connectivity index is 1.93. The van der Waals surface area contributed by atoms with E-state index >= 15 is 0 Å². The van der Waals surface area contributed by atoms with Gasteiger partial charge in [-0.3, -0.25) is 9.97 Å². The summed E-state index contributed by atoms with van der Waals surface area (Å²) in [5.74, 6) is 0. The van der Waals surface area contributed by atoms with E-state index in [9.17, 15) is 0 Å². The molecule has 1 aliphatic rings. The lowest BCUT2D eigenvalue weighted by Crippen LogP contribution is -2.47. The van der Waals surface area contributed by atoms with Crippen molar-refractivity contribution >= 4 is 0 Å². The van der Waals surface area contributed by atoms with Crippen LogP contribution in [-0.2, 0) is 11.3 Å². The van der Waals surface area contributed by atoms with Crippen LogP contribution in [0.2, 0.25) is 0 Å². The van der Waals surface area contributed by atoms with Gasteiger partial charge in [0.2, 0.25) is 0 Å². The molecule has 4 heteroatoms. The Bertz CT molecular complexity index is 317. The highest BCUT2D eigenvalue weighted by molar-refractivity contribution is 4.99. The van der Waals surface area contributed by atoms with Gasteiger partial charge in [-0.05, 0) is 20.3 Å². The van der Waals surface area contributed by atoms with Crippen molar-refractivity contribution in [1.82, 2.24) is 15.3 Å². The first-order valence-electron chi connectivity index (χ1n) is 5.32. The minimum absolute atomic E-state index is 0.0670. The second-order valence-corrected chi connectivity index (χ2v) is 4.23. The Morgan fingerprint density at radius 2 is 2.47 bits per heavy atom. The van der Waals surface area contributed by atoms with E-state index in [1.165, 1.54) is 0 Å². The first-order valence-corrected chi connectivity index (χ1v) is 5.32. The highest BCUT2D eigenvalue weighted by atomic mass is 16.5. The van der Waals surface area contributed by atoms with Gasteiger partial charge >= 0.3 is 0 Å². The zero-order chi connectivity index (χ0) is 10.7. The lowest BCUT2D eigenvalue weighted by atomic mass is 9.95. The molecule has 1 saturated heterocycles. The molecule has 2 rings (SSSR count). The first-order chi connectivity index (χ1) is 7.21. The Labute approximate surface area is 90.1 Å². The SMILES string of the molecule is CC1OCCC1(C)NCc1cnccn1. The van der Waals surface area contributed by atoms with E-state index in [1.807, 2.05) is 0 Å². The van der Waals surface area contributed by atoms with Gasteiger partial charge in [0.05, 0.1) is 11.8 Å². The molecule has 0 bridgehead atoms. The van der Waals surface area contributed by atoms with Gasteiger partial charge < -0.3 is 10.1 Å².